The Morgan fingerprint density at radius 2 is 1.75 bits per heavy atom. The zero-order valence-corrected chi connectivity index (χ0v) is 19.7. The fourth-order valence-electron chi connectivity index (χ4n) is 2.45. The molecule has 0 saturated heterocycles. The van der Waals surface area contributed by atoms with Gasteiger partial charge in [0.2, 0.25) is 0 Å². The van der Waals surface area contributed by atoms with Crippen molar-refractivity contribution in [3.05, 3.63) is 67.6 Å². The standard InChI is InChI=1S/C22H25Br2N3O/c1-14(2)18-7-5-17(6-8-18)9-15(3)12-26-27-22(28)13-25-19-10-20(23)16(4)21(24)11-19/h5-12,14,25H,13H2,1-4H3,(H,27,28)/b15-9+,26-12-. The van der Waals surface area contributed by atoms with Crippen LogP contribution in [-0.2, 0) is 4.79 Å². The number of amides is 1. The van der Waals surface area contributed by atoms with Crippen molar-refractivity contribution < 1.29 is 4.79 Å². The van der Waals surface area contributed by atoms with Crippen molar-refractivity contribution in [2.24, 2.45) is 5.10 Å². The molecule has 4 nitrogen and oxygen atoms in total. The number of allylic oxidation sites excluding steroid dienone is 1. The van der Waals surface area contributed by atoms with Crippen molar-refractivity contribution in [3.63, 3.8) is 0 Å². The van der Waals surface area contributed by atoms with Crippen molar-refractivity contribution in [3.8, 4) is 0 Å². The van der Waals surface area contributed by atoms with E-state index < -0.39 is 0 Å². The molecule has 0 fully saturated rings. The highest BCUT2D eigenvalue weighted by Crippen LogP contribution is 2.28. The van der Waals surface area contributed by atoms with Crippen LogP contribution in [0.5, 0.6) is 0 Å². The molecule has 28 heavy (non-hydrogen) atoms. The Labute approximate surface area is 183 Å². The number of rotatable bonds is 7. The Bertz CT molecular complexity index is 864. The molecule has 148 valence electrons. The minimum Gasteiger partial charge on any atom is -0.376 e. The van der Waals surface area contributed by atoms with Gasteiger partial charge in [0.15, 0.2) is 0 Å². The third kappa shape index (κ3) is 6.91. The highest BCUT2D eigenvalue weighted by molar-refractivity contribution is 9.11. The van der Waals surface area contributed by atoms with Gasteiger partial charge in [0, 0.05) is 14.6 Å². The van der Waals surface area contributed by atoms with Gasteiger partial charge in [-0.15, -0.1) is 0 Å². The zero-order chi connectivity index (χ0) is 20.7. The number of hydrogen-bond donors (Lipinski definition) is 2. The van der Waals surface area contributed by atoms with Gasteiger partial charge in [0.1, 0.15) is 0 Å². The third-order valence-corrected chi connectivity index (χ3v) is 5.84. The molecular weight excluding hydrogens is 482 g/mol. The van der Waals surface area contributed by atoms with Crippen molar-refractivity contribution in [2.45, 2.75) is 33.6 Å². The second-order valence-electron chi connectivity index (χ2n) is 6.92. The quantitative estimate of drug-likeness (QED) is 0.344. The summed E-state index contributed by atoms with van der Waals surface area (Å²) in [5, 5.41) is 7.11. The summed E-state index contributed by atoms with van der Waals surface area (Å²) in [5.41, 5.74) is 7.88. The summed E-state index contributed by atoms with van der Waals surface area (Å²) in [4.78, 5) is 12.0. The maximum Gasteiger partial charge on any atom is 0.259 e. The van der Waals surface area contributed by atoms with Crippen molar-refractivity contribution in [1.82, 2.24) is 5.43 Å². The van der Waals surface area contributed by atoms with Gasteiger partial charge in [0.25, 0.3) is 5.91 Å². The van der Waals surface area contributed by atoms with Crippen LogP contribution in [0.2, 0.25) is 0 Å². The first kappa shape index (κ1) is 22.4. The molecular formula is C22H25Br2N3O. The molecule has 0 aromatic heterocycles. The first-order valence-electron chi connectivity index (χ1n) is 9.06. The molecule has 2 N–H and O–H groups in total. The van der Waals surface area contributed by atoms with Crippen LogP contribution in [0.4, 0.5) is 5.69 Å². The maximum absolute atomic E-state index is 12.0. The van der Waals surface area contributed by atoms with Crippen molar-refractivity contribution >= 4 is 55.7 Å². The predicted molar refractivity (Wildman–Crippen MR) is 126 cm³/mol. The van der Waals surface area contributed by atoms with E-state index in [0.29, 0.717) is 5.92 Å². The minimum absolute atomic E-state index is 0.138. The van der Waals surface area contributed by atoms with Crippen molar-refractivity contribution in [2.75, 3.05) is 11.9 Å². The Morgan fingerprint density at radius 3 is 2.32 bits per heavy atom. The van der Waals surface area contributed by atoms with Crippen LogP contribution >= 0.6 is 31.9 Å². The monoisotopic (exact) mass is 505 g/mol. The highest BCUT2D eigenvalue weighted by atomic mass is 79.9. The van der Waals surface area contributed by atoms with Gasteiger partial charge in [-0.3, -0.25) is 4.79 Å². The molecule has 0 atom stereocenters. The SMILES string of the molecule is CC(/C=N\NC(=O)CNc1cc(Br)c(C)c(Br)c1)=C\c1ccc(C(C)C)cc1. The lowest BCUT2D eigenvalue weighted by molar-refractivity contribution is -0.119. The Morgan fingerprint density at radius 1 is 1.14 bits per heavy atom. The van der Waals surface area contributed by atoms with E-state index in [-0.39, 0.29) is 12.5 Å². The van der Waals surface area contributed by atoms with Gasteiger partial charge in [-0.1, -0.05) is 76.0 Å². The van der Waals surface area contributed by atoms with E-state index in [4.69, 9.17) is 0 Å². The number of halogens is 2. The average Bonchev–Trinajstić information content (AvgIpc) is 2.64. The number of nitrogens with one attached hydrogen (secondary N) is 2. The average molecular weight is 507 g/mol. The maximum atomic E-state index is 12.0. The molecule has 0 aliphatic carbocycles. The second-order valence-corrected chi connectivity index (χ2v) is 8.63. The number of hydrogen-bond acceptors (Lipinski definition) is 3. The molecule has 0 aliphatic heterocycles. The molecule has 2 aromatic carbocycles. The fraction of sp³-hybridized carbons (Fsp3) is 0.273. The summed E-state index contributed by atoms with van der Waals surface area (Å²) in [6, 6.07) is 12.3. The highest BCUT2D eigenvalue weighted by Gasteiger charge is 2.05. The van der Waals surface area contributed by atoms with Crippen LogP contribution in [0.15, 0.2) is 56.0 Å². The summed E-state index contributed by atoms with van der Waals surface area (Å²) in [5.74, 6) is 0.310. The van der Waals surface area contributed by atoms with E-state index in [1.807, 2.05) is 32.1 Å². The molecule has 6 heteroatoms. The van der Waals surface area contributed by atoms with Gasteiger partial charge < -0.3 is 5.32 Å². The van der Waals surface area contributed by atoms with E-state index in [1.54, 1.807) is 6.21 Å². The van der Waals surface area contributed by atoms with Crippen LogP contribution in [0, 0.1) is 6.92 Å². The Hall–Kier alpha value is -1.92. The zero-order valence-electron chi connectivity index (χ0n) is 16.5. The molecule has 0 aliphatic rings. The number of nitrogens with zero attached hydrogens (tertiary/aromatic N) is 1. The number of carbonyl (C=O) groups excluding carboxylic acids is 1. The first-order chi connectivity index (χ1) is 13.3. The van der Waals surface area contributed by atoms with E-state index >= 15 is 0 Å². The topological polar surface area (TPSA) is 53.5 Å². The second kappa shape index (κ2) is 10.6. The molecule has 0 heterocycles. The number of hydrazone groups is 1. The van der Waals surface area contributed by atoms with Gasteiger partial charge in [-0.2, -0.15) is 5.10 Å². The Kier molecular flexibility index (Phi) is 8.45. The van der Waals surface area contributed by atoms with Crippen molar-refractivity contribution in [1.29, 1.82) is 0 Å². The van der Waals surface area contributed by atoms with Crippen LogP contribution in [0.1, 0.15) is 43.4 Å². The predicted octanol–water partition coefficient (Wildman–Crippen LogP) is 6.26. The molecule has 0 bridgehead atoms. The number of anilines is 1. The van der Waals surface area contributed by atoms with E-state index in [2.05, 4.69) is 85.8 Å². The Balaban J connectivity index is 1.85. The summed E-state index contributed by atoms with van der Waals surface area (Å²) < 4.78 is 1.95. The van der Waals surface area contributed by atoms with Gasteiger partial charge in [0.05, 0.1) is 12.8 Å². The lowest BCUT2D eigenvalue weighted by Crippen LogP contribution is -2.25. The van der Waals surface area contributed by atoms with Gasteiger partial charge >= 0.3 is 0 Å². The summed E-state index contributed by atoms with van der Waals surface area (Å²) in [6.07, 6.45) is 3.67. The minimum atomic E-state index is -0.210. The van der Waals surface area contributed by atoms with E-state index in [0.717, 1.165) is 31.3 Å². The summed E-state index contributed by atoms with van der Waals surface area (Å²) in [7, 11) is 0. The summed E-state index contributed by atoms with van der Waals surface area (Å²) in [6.45, 7) is 8.45. The number of benzene rings is 2. The van der Waals surface area contributed by atoms with Crippen LogP contribution in [0.25, 0.3) is 6.08 Å². The first-order valence-corrected chi connectivity index (χ1v) is 10.6. The van der Waals surface area contributed by atoms with Crippen LogP contribution in [0.3, 0.4) is 0 Å². The molecule has 2 aromatic rings. The smallest absolute Gasteiger partial charge is 0.259 e. The van der Waals surface area contributed by atoms with Gasteiger partial charge in [-0.05, 0) is 54.2 Å². The molecule has 1 amide bonds. The lowest BCUT2D eigenvalue weighted by Gasteiger charge is -2.09. The summed E-state index contributed by atoms with van der Waals surface area (Å²) >= 11 is 7.00. The van der Waals surface area contributed by atoms with Crippen LogP contribution in [-0.4, -0.2) is 18.7 Å². The molecule has 0 radical (unpaired) electrons. The third-order valence-electron chi connectivity index (χ3n) is 4.19. The van der Waals surface area contributed by atoms with E-state index in [9.17, 15) is 4.79 Å². The lowest BCUT2D eigenvalue weighted by atomic mass is 10.0. The van der Waals surface area contributed by atoms with E-state index in [1.165, 1.54) is 5.56 Å². The molecule has 0 saturated carbocycles. The molecule has 0 spiro atoms. The molecule has 2 rings (SSSR count). The van der Waals surface area contributed by atoms with Crippen LogP contribution < -0.4 is 10.7 Å². The normalized spacial score (nSPS) is 11.9. The molecule has 0 unspecified atom stereocenters. The largest absolute Gasteiger partial charge is 0.376 e. The van der Waals surface area contributed by atoms with Gasteiger partial charge in [-0.25, -0.2) is 5.43 Å². The fourth-order valence-corrected chi connectivity index (χ4v) is 3.64. The number of carbonyl (C=O) groups is 1.